The smallest absolute Gasteiger partial charge is 0.340 e. The Balaban J connectivity index is 2.49. The first-order valence-corrected chi connectivity index (χ1v) is 6.00. The van der Waals surface area contributed by atoms with Gasteiger partial charge in [-0.2, -0.15) is 0 Å². The molecular weight excluding hydrogens is 241 g/mol. The fraction of sp³-hybridized carbons (Fsp3) is 0.357. The minimum atomic E-state index is -0.556. The average Bonchev–Trinajstić information content (AvgIpc) is 2.61. The second-order valence-electron chi connectivity index (χ2n) is 5.33. The number of H-pyrrole nitrogens is 1. The van der Waals surface area contributed by atoms with E-state index in [0.29, 0.717) is 16.9 Å². The number of hydrogen-bond donors (Lipinski definition) is 1. The summed E-state index contributed by atoms with van der Waals surface area (Å²) in [7, 11) is 7.45. The maximum absolute atomic E-state index is 12.2. The number of carbonyl (C=O) groups is 1. The van der Waals surface area contributed by atoms with Crippen LogP contribution in [0.15, 0.2) is 18.2 Å². The van der Waals surface area contributed by atoms with Crippen LogP contribution in [0.3, 0.4) is 0 Å². The molecule has 2 aromatic rings. The zero-order valence-electron chi connectivity index (χ0n) is 11.5. The fourth-order valence-corrected chi connectivity index (χ4v) is 1.87. The quantitative estimate of drug-likeness (QED) is 0.660. The molecule has 0 fully saturated rings. The van der Waals surface area contributed by atoms with Crippen molar-refractivity contribution in [2.24, 2.45) is 0 Å². The fourth-order valence-electron chi connectivity index (χ4n) is 1.87. The number of carbonyl (C=O) groups excluding carboxylic acids is 1. The standard InChI is InChI=1S/C14H16BNO3/c1-14(2,3)19-13(17)11-9-6-5-8(18-4)7-10(9)16-12(11)15/h5-7,16H,1-4H3. The third kappa shape index (κ3) is 2.75. The van der Waals surface area contributed by atoms with Gasteiger partial charge in [-0.1, -0.05) is 0 Å². The second-order valence-corrected chi connectivity index (χ2v) is 5.33. The lowest BCUT2D eigenvalue weighted by Gasteiger charge is -2.19. The average molecular weight is 257 g/mol. The van der Waals surface area contributed by atoms with Gasteiger partial charge in [0.05, 0.1) is 12.7 Å². The summed E-state index contributed by atoms with van der Waals surface area (Å²) in [5.41, 5.74) is 0.863. The van der Waals surface area contributed by atoms with Crippen LogP contribution < -0.4 is 10.3 Å². The van der Waals surface area contributed by atoms with Crippen molar-refractivity contribution in [2.45, 2.75) is 26.4 Å². The van der Waals surface area contributed by atoms with Gasteiger partial charge in [-0.15, -0.1) is 0 Å². The first kappa shape index (κ1) is 13.5. The molecular formula is C14H16BNO3. The molecule has 1 heterocycles. The molecule has 4 nitrogen and oxygen atoms in total. The zero-order valence-corrected chi connectivity index (χ0v) is 11.5. The van der Waals surface area contributed by atoms with Gasteiger partial charge in [0.1, 0.15) is 19.2 Å². The van der Waals surface area contributed by atoms with Gasteiger partial charge in [-0.25, -0.2) is 4.79 Å². The molecule has 1 aromatic carbocycles. The van der Waals surface area contributed by atoms with Crippen LogP contribution in [0, 0.1) is 0 Å². The van der Waals surface area contributed by atoms with Crippen LogP contribution in [0.2, 0.25) is 0 Å². The molecule has 98 valence electrons. The number of aromatic nitrogens is 1. The van der Waals surface area contributed by atoms with Crippen molar-refractivity contribution in [3.8, 4) is 5.75 Å². The van der Waals surface area contributed by atoms with E-state index in [1.54, 1.807) is 25.3 Å². The Hall–Kier alpha value is -1.91. The Bertz CT molecular complexity index is 625. The van der Waals surface area contributed by atoms with Crippen LogP contribution in [-0.2, 0) is 4.74 Å². The third-order valence-electron chi connectivity index (χ3n) is 2.64. The SMILES string of the molecule is [B]c1[nH]c2cc(OC)ccc2c1C(=O)OC(C)(C)C. The van der Waals surface area contributed by atoms with Crippen LogP contribution >= 0.6 is 0 Å². The number of rotatable bonds is 2. The van der Waals surface area contributed by atoms with Crippen LogP contribution in [-0.4, -0.2) is 31.5 Å². The number of ether oxygens (including phenoxy) is 2. The Morgan fingerprint density at radius 2 is 2.00 bits per heavy atom. The van der Waals surface area contributed by atoms with Gasteiger partial charge >= 0.3 is 5.97 Å². The topological polar surface area (TPSA) is 51.3 Å². The monoisotopic (exact) mass is 257 g/mol. The molecule has 5 heteroatoms. The van der Waals surface area contributed by atoms with Crippen molar-refractivity contribution in [3.63, 3.8) is 0 Å². The van der Waals surface area contributed by atoms with Crippen molar-refractivity contribution in [1.82, 2.24) is 4.98 Å². The normalized spacial score (nSPS) is 11.6. The molecule has 1 aromatic heterocycles. The number of aromatic amines is 1. The Kier molecular flexibility index (Phi) is 3.31. The maximum atomic E-state index is 12.2. The van der Waals surface area contributed by atoms with E-state index in [1.165, 1.54) is 0 Å². The van der Waals surface area contributed by atoms with Gasteiger partial charge < -0.3 is 14.5 Å². The van der Waals surface area contributed by atoms with Gasteiger partial charge in [-0.3, -0.25) is 0 Å². The molecule has 1 N–H and O–H groups in total. The summed E-state index contributed by atoms with van der Waals surface area (Å²) in [6.07, 6.45) is 0. The van der Waals surface area contributed by atoms with Crippen LogP contribution in [0.25, 0.3) is 10.9 Å². The van der Waals surface area contributed by atoms with E-state index in [-0.39, 0.29) is 0 Å². The van der Waals surface area contributed by atoms with Crippen molar-refractivity contribution in [2.75, 3.05) is 7.11 Å². The highest BCUT2D eigenvalue weighted by Gasteiger charge is 2.22. The Morgan fingerprint density at radius 3 is 2.58 bits per heavy atom. The van der Waals surface area contributed by atoms with Gasteiger partial charge in [0, 0.05) is 17.0 Å². The van der Waals surface area contributed by atoms with E-state index in [1.807, 2.05) is 20.8 Å². The molecule has 0 unspecified atom stereocenters. The highest BCUT2D eigenvalue weighted by Crippen LogP contribution is 2.23. The first-order chi connectivity index (χ1) is 8.81. The van der Waals surface area contributed by atoms with E-state index < -0.39 is 11.6 Å². The number of benzene rings is 1. The van der Waals surface area contributed by atoms with E-state index >= 15 is 0 Å². The summed E-state index contributed by atoms with van der Waals surface area (Å²) >= 11 is 0. The molecule has 0 saturated heterocycles. The molecule has 0 spiro atoms. The van der Waals surface area contributed by atoms with E-state index in [0.717, 1.165) is 10.9 Å². The third-order valence-corrected chi connectivity index (χ3v) is 2.64. The lowest BCUT2D eigenvalue weighted by atomic mass is 9.98. The highest BCUT2D eigenvalue weighted by molar-refractivity contribution is 6.37. The molecule has 0 atom stereocenters. The van der Waals surface area contributed by atoms with Crippen molar-refractivity contribution >= 4 is 30.3 Å². The Labute approximate surface area is 113 Å². The predicted molar refractivity (Wildman–Crippen MR) is 75.4 cm³/mol. The molecule has 2 rings (SSSR count). The molecule has 0 aliphatic heterocycles. The summed E-state index contributed by atoms with van der Waals surface area (Å²) in [4.78, 5) is 15.1. The number of methoxy groups -OCH3 is 1. The van der Waals surface area contributed by atoms with E-state index in [4.69, 9.17) is 17.3 Å². The minimum absolute atomic E-state index is 0.303. The molecule has 2 radical (unpaired) electrons. The molecule has 0 bridgehead atoms. The zero-order chi connectivity index (χ0) is 14.2. The van der Waals surface area contributed by atoms with Crippen LogP contribution in [0.4, 0.5) is 0 Å². The lowest BCUT2D eigenvalue weighted by molar-refractivity contribution is 0.00735. The summed E-state index contributed by atoms with van der Waals surface area (Å²) in [5.74, 6) is 0.269. The van der Waals surface area contributed by atoms with E-state index in [9.17, 15) is 4.79 Å². The van der Waals surface area contributed by atoms with Gasteiger partial charge in [0.2, 0.25) is 0 Å². The maximum Gasteiger partial charge on any atom is 0.340 e. The van der Waals surface area contributed by atoms with Crippen LogP contribution in [0.5, 0.6) is 5.75 Å². The minimum Gasteiger partial charge on any atom is -0.497 e. The van der Waals surface area contributed by atoms with Crippen molar-refractivity contribution < 1.29 is 14.3 Å². The molecule has 0 saturated carbocycles. The first-order valence-electron chi connectivity index (χ1n) is 6.00. The molecule has 0 aliphatic rings. The van der Waals surface area contributed by atoms with Crippen LogP contribution in [0.1, 0.15) is 31.1 Å². The number of esters is 1. The largest absolute Gasteiger partial charge is 0.497 e. The molecule has 0 amide bonds. The number of nitrogens with one attached hydrogen (secondary N) is 1. The number of fused-ring (bicyclic) bond motifs is 1. The van der Waals surface area contributed by atoms with Gasteiger partial charge in [-0.05, 0) is 38.5 Å². The summed E-state index contributed by atoms with van der Waals surface area (Å²) < 4.78 is 10.5. The predicted octanol–water partition coefficient (Wildman–Crippen LogP) is 1.93. The summed E-state index contributed by atoms with van der Waals surface area (Å²) in [5, 5.41) is 0.729. The lowest BCUT2D eigenvalue weighted by Crippen LogP contribution is -2.27. The van der Waals surface area contributed by atoms with Crippen molar-refractivity contribution in [1.29, 1.82) is 0 Å². The summed E-state index contributed by atoms with van der Waals surface area (Å²) in [6, 6.07) is 5.36. The van der Waals surface area contributed by atoms with Crippen molar-refractivity contribution in [3.05, 3.63) is 23.8 Å². The number of hydrogen-bond acceptors (Lipinski definition) is 3. The van der Waals surface area contributed by atoms with Gasteiger partial charge in [0.25, 0.3) is 0 Å². The molecule has 19 heavy (non-hydrogen) atoms. The van der Waals surface area contributed by atoms with E-state index in [2.05, 4.69) is 4.98 Å². The van der Waals surface area contributed by atoms with Gasteiger partial charge in [0.15, 0.2) is 0 Å². The Morgan fingerprint density at radius 1 is 1.32 bits per heavy atom. The summed E-state index contributed by atoms with van der Waals surface area (Å²) in [6.45, 7) is 5.46. The molecule has 0 aliphatic carbocycles. The highest BCUT2D eigenvalue weighted by atomic mass is 16.6. The second kappa shape index (κ2) is 4.65.